The third kappa shape index (κ3) is 2.98. The maximum absolute atomic E-state index is 12.5. The van der Waals surface area contributed by atoms with E-state index in [1.54, 1.807) is 7.11 Å². The van der Waals surface area contributed by atoms with Gasteiger partial charge in [-0.05, 0) is 19.3 Å². The lowest BCUT2D eigenvalue weighted by Gasteiger charge is -2.37. The van der Waals surface area contributed by atoms with Gasteiger partial charge in [0.15, 0.2) is 0 Å². The smallest absolute Gasteiger partial charge is 0.317 e. The van der Waals surface area contributed by atoms with E-state index >= 15 is 0 Å². The molecule has 0 saturated carbocycles. The van der Waals surface area contributed by atoms with E-state index in [2.05, 4.69) is 10.6 Å². The van der Waals surface area contributed by atoms with Crippen molar-refractivity contribution in [3.05, 3.63) is 0 Å². The van der Waals surface area contributed by atoms with E-state index in [0.717, 1.165) is 52.0 Å². The summed E-state index contributed by atoms with van der Waals surface area (Å²) in [6.07, 6.45) is 2.65. The van der Waals surface area contributed by atoms with Gasteiger partial charge >= 0.3 is 6.03 Å². The fourth-order valence-corrected chi connectivity index (χ4v) is 3.52. The number of rotatable bonds is 3. The first-order valence-electron chi connectivity index (χ1n) is 7.78. The summed E-state index contributed by atoms with van der Waals surface area (Å²) in [4.78, 5) is 28.0. The Bertz CT molecular complexity index is 409. The summed E-state index contributed by atoms with van der Waals surface area (Å²) in [5.74, 6) is 0.180. The second-order valence-corrected chi connectivity index (χ2v) is 6.04. The molecule has 0 bridgehead atoms. The van der Waals surface area contributed by atoms with Gasteiger partial charge in [0.2, 0.25) is 5.91 Å². The third-order valence-electron chi connectivity index (χ3n) is 4.83. The predicted molar refractivity (Wildman–Crippen MR) is 76.9 cm³/mol. The number of nitrogens with zero attached hydrogens (tertiary/aromatic N) is 2. The molecule has 3 rings (SSSR count). The highest BCUT2D eigenvalue weighted by molar-refractivity contribution is 5.82. The normalized spacial score (nSPS) is 30.8. The van der Waals surface area contributed by atoms with Crippen LogP contribution in [0.4, 0.5) is 4.79 Å². The summed E-state index contributed by atoms with van der Waals surface area (Å²) in [5.41, 5.74) is 0. The average molecular weight is 296 g/mol. The Kier molecular flexibility index (Phi) is 4.30. The molecule has 118 valence electrons. The Balaban J connectivity index is 1.49. The van der Waals surface area contributed by atoms with Gasteiger partial charge < -0.3 is 25.2 Å². The number of amides is 3. The average Bonchev–Trinajstić information content (AvgIpc) is 3.15. The quantitative estimate of drug-likeness (QED) is 0.728. The monoisotopic (exact) mass is 296 g/mol. The molecule has 21 heavy (non-hydrogen) atoms. The molecule has 7 nitrogen and oxygen atoms in total. The SMILES string of the molecule is COC1CNC(C(=O)N2CCC(N3CCNC3=O)CC2)C1. The highest BCUT2D eigenvalue weighted by Crippen LogP contribution is 2.20. The Morgan fingerprint density at radius 3 is 2.62 bits per heavy atom. The van der Waals surface area contributed by atoms with Crippen LogP contribution in [0.15, 0.2) is 0 Å². The van der Waals surface area contributed by atoms with Gasteiger partial charge in [-0.3, -0.25) is 4.79 Å². The van der Waals surface area contributed by atoms with Crippen molar-refractivity contribution in [3.8, 4) is 0 Å². The summed E-state index contributed by atoms with van der Waals surface area (Å²) in [6, 6.07) is 0.210. The first-order valence-corrected chi connectivity index (χ1v) is 7.78. The van der Waals surface area contributed by atoms with Crippen LogP contribution < -0.4 is 10.6 Å². The van der Waals surface area contributed by atoms with E-state index in [1.807, 2.05) is 9.80 Å². The molecular formula is C14H24N4O3. The zero-order valence-electron chi connectivity index (χ0n) is 12.5. The second kappa shape index (κ2) is 6.19. The van der Waals surface area contributed by atoms with Crippen molar-refractivity contribution in [2.75, 3.05) is 39.8 Å². The molecule has 3 saturated heterocycles. The lowest BCUT2D eigenvalue weighted by Crippen LogP contribution is -2.51. The highest BCUT2D eigenvalue weighted by atomic mass is 16.5. The summed E-state index contributed by atoms with van der Waals surface area (Å²) in [7, 11) is 1.69. The highest BCUT2D eigenvalue weighted by Gasteiger charge is 2.36. The minimum absolute atomic E-state index is 0.0418. The molecule has 0 aromatic rings. The van der Waals surface area contributed by atoms with E-state index in [-0.39, 0.29) is 30.1 Å². The maximum atomic E-state index is 12.5. The summed E-state index contributed by atoms with van der Waals surface area (Å²) < 4.78 is 5.29. The number of methoxy groups -OCH3 is 1. The van der Waals surface area contributed by atoms with E-state index in [4.69, 9.17) is 4.74 Å². The number of carbonyl (C=O) groups excluding carboxylic acids is 2. The van der Waals surface area contributed by atoms with Crippen LogP contribution in [0, 0.1) is 0 Å². The maximum Gasteiger partial charge on any atom is 0.317 e. The zero-order chi connectivity index (χ0) is 14.8. The topological polar surface area (TPSA) is 73.9 Å². The molecule has 0 radical (unpaired) electrons. The Labute approximate surface area is 125 Å². The number of hydrogen-bond acceptors (Lipinski definition) is 4. The van der Waals surface area contributed by atoms with Crippen molar-refractivity contribution in [2.24, 2.45) is 0 Å². The summed E-state index contributed by atoms with van der Waals surface area (Å²) in [5, 5.41) is 6.08. The molecular weight excluding hydrogens is 272 g/mol. The molecule has 0 spiro atoms. The third-order valence-corrected chi connectivity index (χ3v) is 4.83. The number of piperidine rings is 1. The summed E-state index contributed by atoms with van der Waals surface area (Å²) >= 11 is 0. The van der Waals surface area contributed by atoms with Crippen LogP contribution in [0.5, 0.6) is 0 Å². The molecule has 3 amide bonds. The Morgan fingerprint density at radius 2 is 2.05 bits per heavy atom. The van der Waals surface area contributed by atoms with Crippen LogP contribution in [0.1, 0.15) is 19.3 Å². The molecule has 0 aromatic carbocycles. The van der Waals surface area contributed by atoms with Crippen LogP contribution in [-0.4, -0.2) is 79.8 Å². The van der Waals surface area contributed by atoms with Crippen molar-refractivity contribution < 1.29 is 14.3 Å². The number of carbonyl (C=O) groups is 2. The molecule has 3 aliphatic rings. The molecule has 3 fully saturated rings. The van der Waals surface area contributed by atoms with Crippen LogP contribution in [0.25, 0.3) is 0 Å². The van der Waals surface area contributed by atoms with Crippen molar-refractivity contribution >= 4 is 11.9 Å². The number of ether oxygens (including phenoxy) is 1. The zero-order valence-corrected chi connectivity index (χ0v) is 12.5. The van der Waals surface area contributed by atoms with E-state index in [0.29, 0.717) is 0 Å². The van der Waals surface area contributed by atoms with Gasteiger partial charge in [0.05, 0.1) is 12.1 Å². The van der Waals surface area contributed by atoms with Gasteiger partial charge in [-0.2, -0.15) is 0 Å². The molecule has 7 heteroatoms. The molecule has 3 aliphatic heterocycles. The number of likely N-dealkylation sites (tertiary alicyclic amines) is 1. The van der Waals surface area contributed by atoms with Crippen molar-refractivity contribution in [3.63, 3.8) is 0 Å². The number of nitrogens with one attached hydrogen (secondary N) is 2. The van der Waals surface area contributed by atoms with E-state index < -0.39 is 0 Å². The second-order valence-electron chi connectivity index (χ2n) is 6.04. The molecule has 2 atom stereocenters. The largest absolute Gasteiger partial charge is 0.380 e. The molecule has 2 unspecified atom stereocenters. The lowest BCUT2D eigenvalue weighted by atomic mass is 10.0. The van der Waals surface area contributed by atoms with Gasteiger partial charge in [0.1, 0.15) is 0 Å². The minimum atomic E-state index is -0.110. The van der Waals surface area contributed by atoms with Gasteiger partial charge in [-0.1, -0.05) is 0 Å². The Hall–Kier alpha value is -1.34. The summed E-state index contributed by atoms with van der Waals surface area (Å²) in [6.45, 7) is 3.75. The van der Waals surface area contributed by atoms with Crippen LogP contribution in [-0.2, 0) is 9.53 Å². The first-order chi connectivity index (χ1) is 10.2. The molecule has 2 N–H and O–H groups in total. The van der Waals surface area contributed by atoms with Gasteiger partial charge in [-0.25, -0.2) is 4.79 Å². The minimum Gasteiger partial charge on any atom is -0.380 e. The van der Waals surface area contributed by atoms with Crippen molar-refractivity contribution in [2.45, 2.75) is 37.5 Å². The number of hydrogen-bond donors (Lipinski definition) is 2. The van der Waals surface area contributed by atoms with E-state index in [1.165, 1.54) is 0 Å². The standard InChI is InChI=1S/C14H24N4O3/c1-21-11-8-12(16-9-11)13(19)17-5-2-10(3-6-17)18-7-4-15-14(18)20/h10-12,16H,2-9H2,1H3,(H,15,20). The van der Waals surface area contributed by atoms with Crippen LogP contribution in [0.3, 0.4) is 0 Å². The van der Waals surface area contributed by atoms with Crippen molar-refractivity contribution in [1.82, 2.24) is 20.4 Å². The molecule has 0 aliphatic carbocycles. The van der Waals surface area contributed by atoms with Crippen LogP contribution in [0.2, 0.25) is 0 Å². The fourth-order valence-electron chi connectivity index (χ4n) is 3.52. The fraction of sp³-hybridized carbons (Fsp3) is 0.857. The lowest BCUT2D eigenvalue weighted by molar-refractivity contribution is -0.134. The van der Waals surface area contributed by atoms with Gasteiger partial charge in [0.25, 0.3) is 0 Å². The van der Waals surface area contributed by atoms with E-state index in [9.17, 15) is 9.59 Å². The van der Waals surface area contributed by atoms with Crippen LogP contribution >= 0.6 is 0 Å². The molecule has 0 aromatic heterocycles. The predicted octanol–water partition coefficient (Wildman–Crippen LogP) is -0.620. The first kappa shape index (κ1) is 14.6. The van der Waals surface area contributed by atoms with Gasteiger partial charge in [0, 0.05) is 45.9 Å². The van der Waals surface area contributed by atoms with Crippen molar-refractivity contribution in [1.29, 1.82) is 0 Å². The molecule has 3 heterocycles. The van der Waals surface area contributed by atoms with Gasteiger partial charge in [-0.15, -0.1) is 0 Å². The Morgan fingerprint density at radius 1 is 1.29 bits per heavy atom. The number of urea groups is 1.